The molecule has 2 heteroatoms. The van der Waals surface area contributed by atoms with E-state index in [1.807, 2.05) is 0 Å². The summed E-state index contributed by atoms with van der Waals surface area (Å²) in [7, 11) is 0. The van der Waals surface area contributed by atoms with E-state index in [9.17, 15) is 4.39 Å². The smallest absolute Gasteiger partial charge is 0.115 e. The highest BCUT2D eigenvalue weighted by atomic mass is 19.1. The van der Waals surface area contributed by atoms with Gasteiger partial charge in [-0.05, 0) is 31.7 Å². The van der Waals surface area contributed by atoms with Crippen LogP contribution in [0, 0.1) is 5.92 Å². The third kappa shape index (κ3) is 1.00. The van der Waals surface area contributed by atoms with E-state index in [4.69, 9.17) is 2.74 Å². The maximum absolute atomic E-state index is 13.6. The molecule has 0 unspecified atom stereocenters. The number of rotatable bonds is 1. The first kappa shape index (κ1) is 6.36. The summed E-state index contributed by atoms with van der Waals surface area (Å²) in [6.45, 7) is 3.13. The van der Waals surface area contributed by atoms with E-state index in [2.05, 4.69) is 13.8 Å². The van der Waals surface area contributed by atoms with Crippen LogP contribution in [0.5, 0.6) is 0 Å². The van der Waals surface area contributed by atoms with Crippen LogP contribution in [-0.2, 0) is 0 Å². The van der Waals surface area contributed by atoms with E-state index >= 15 is 0 Å². The molecule has 0 spiro atoms. The molecule has 70 valence electrons. The summed E-state index contributed by atoms with van der Waals surface area (Å²) in [6.07, 6.45) is 1.01. The Morgan fingerprint density at radius 3 is 3.00 bits per heavy atom. The standard InChI is InChI=1S/C10H18FN/c1-8(2)10-4-3-5-12(10)7-9(11)6-10/h8-9H,3-7H2,1-2H3/t9-,10+/m1/s1/i7D2. The zero-order valence-corrected chi connectivity index (χ0v) is 7.81. The van der Waals surface area contributed by atoms with Crippen molar-refractivity contribution in [3.63, 3.8) is 0 Å². The Hall–Kier alpha value is -0.110. The highest BCUT2D eigenvalue weighted by molar-refractivity contribution is 5.05. The number of alkyl halides is 1. The molecule has 2 aliphatic rings. The van der Waals surface area contributed by atoms with Gasteiger partial charge in [-0.25, -0.2) is 4.39 Å². The first-order valence-corrected chi connectivity index (χ1v) is 4.83. The van der Waals surface area contributed by atoms with Gasteiger partial charge in [-0.2, -0.15) is 0 Å². The molecule has 0 aliphatic carbocycles. The fourth-order valence-electron chi connectivity index (χ4n) is 2.67. The van der Waals surface area contributed by atoms with Gasteiger partial charge >= 0.3 is 0 Å². The molecule has 0 amide bonds. The molecule has 2 rings (SSSR count). The zero-order chi connectivity index (χ0) is 10.6. The lowest BCUT2D eigenvalue weighted by molar-refractivity contribution is 0.136. The van der Waals surface area contributed by atoms with E-state index in [1.54, 1.807) is 4.90 Å². The van der Waals surface area contributed by atoms with Gasteiger partial charge in [-0.3, -0.25) is 4.90 Å². The minimum atomic E-state index is -1.74. The fraction of sp³-hybridized carbons (Fsp3) is 1.00. The Morgan fingerprint density at radius 2 is 2.42 bits per heavy atom. The second-order valence-corrected chi connectivity index (χ2v) is 4.31. The van der Waals surface area contributed by atoms with Crippen molar-refractivity contribution in [3.05, 3.63) is 0 Å². The molecule has 0 aromatic carbocycles. The largest absolute Gasteiger partial charge is 0.294 e. The highest BCUT2D eigenvalue weighted by Gasteiger charge is 2.50. The number of fused-ring (bicyclic) bond motifs is 1. The van der Waals surface area contributed by atoms with Gasteiger partial charge in [0.2, 0.25) is 0 Å². The molecule has 2 atom stereocenters. The van der Waals surface area contributed by atoms with Gasteiger partial charge in [0.1, 0.15) is 6.17 Å². The molecule has 0 aromatic rings. The molecule has 2 heterocycles. The van der Waals surface area contributed by atoms with Crippen LogP contribution in [0.25, 0.3) is 0 Å². The van der Waals surface area contributed by atoms with Crippen LogP contribution in [0.15, 0.2) is 0 Å². The average Bonchev–Trinajstić information content (AvgIpc) is 2.55. The van der Waals surface area contributed by atoms with Crippen LogP contribution in [-0.4, -0.2) is 29.7 Å². The van der Waals surface area contributed by atoms with Gasteiger partial charge in [-0.15, -0.1) is 0 Å². The van der Waals surface area contributed by atoms with Crippen molar-refractivity contribution in [2.45, 2.75) is 44.8 Å². The minimum Gasteiger partial charge on any atom is -0.294 e. The molecule has 1 nitrogen and oxygen atoms in total. The van der Waals surface area contributed by atoms with Crippen molar-refractivity contribution in [1.29, 1.82) is 0 Å². The average molecular weight is 173 g/mol. The van der Waals surface area contributed by atoms with Crippen molar-refractivity contribution in [3.8, 4) is 0 Å². The summed E-state index contributed by atoms with van der Waals surface area (Å²) in [5.74, 6) is 0.334. The number of nitrogens with zero attached hydrogens (tertiary/aromatic N) is 1. The first-order chi connectivity index (χ1) is 6.41. The van der Waals surface area contributed by atoms with Crippen LogP contribution in [0.4, 0.5) is 4.39 Å². The Kier molecular flexibility index (Phi) is 1.43. The van der Waals surface area contributed by atoms with E-state index in [-0.39, 0.29) is 5.54 Å². The second kappa shape index (κ2) is 2.69. The quantitative estimate of drug-likeness (QED) is 0.587. The number of hydrogen-bond donors (Lipinski definition) is 0. The normalized spacial score (nSPS) is 49.2. The summed E-state index contributed by atoms with van der Waals surface area (Å²) in [5.41, 5.74) is -0.205. The van der Waals surface area contributed by atoms with E-state index < -0.39 is 12.7 Å². The summed E-state index contributed by atoms with van der Waals surface area (Å²) in [6, 6.07) is 0. The van der Waals surface area contributed by atoms with E-state index in [1.165, 1.54) is 0 Å². The van der Waals surface area contributed by atoms with Gasteiger partial charge in [0.15, 0.2) is 0 Å². The molecule has 12 heavy (non-hydrogen) atoms. The SMILES string of the molecule is [2H]C1([2H])[C@H](F)C[C@]2(C(C)C)CCCN12. The third-order valence-electron chi connectivity index (χ3n) is 3.43. The predicted octanol–water partition coefficient (Wildman–Crippen LogP) is 2.22. The molecule has 2 saturated heterocycles. The predicted molar refractivity (Wildman–Crippen MR) is 47.9 cm³/mol. The molecule has 0 N–H and O–H groups in total. The highest BCUT2D eigenvalue weighted by Crippen LogP contribution is 2.44. The lowest BCUT2D eigenvalue weighted by atomic mass is 9.82. The van der Waals surface area contributed by atoms with Gasteiger partial charge in [0.25, 0.3) is 0 Å². The van der Waals surface area contributed by atoms with Gasteiger partial charge in [0, 0.05) is 14.8 Å². The lowest BCUT2D eigenvalue weighted by Gasteiger charge is -2.35. The molecule has 0 saturated carbocycles. The second-order valence-electron chi connectivity index (χ2n) is 4.31. The molecule has 0 aromatic heterocycles. The lowest BCUT2D eigenvalue weighted by Crippen LogP contribution is -2.42. The van der Waals surface area contributed by atoms with Gasteiger partial charge in [-0.1, -0.05) is 13.8 Å². The Bertz CT molecular complexity index is 244. The monoisotopic (exact) mass is 173 g/mol. The first-order valence-electron chi connectivity index (χ1n) is 5.83. The molecule has 2 fully saturated rings. The van der Waals surface area contributed by atoms with Crippen molar-refractivity contribution in [2.75, 3.05) is 13.0 Å². The summed E-state index contributed by atoms with van der Waals surface area (Å²) in [5, 5.41) is 0. The number of halogens is 1. The third-order valence-corrected chi connectivity index (χ3v) is 3.43. The number of hydrogen-bond acceptors (Lipinski definition) is 1. The topological polar surface area (TPSA) is 3.24 Å². The maximum atomic E-state index is 13.6. The van der Waals surface area contributed by atoms with Crippen LogP contribution < -0.4 is 0 Å². The molecule has 0 bridgehead atoms. The maximum Gasteiger partial charge on any atom is 0.115 e. The van der Waals surface area contributed by atoms with Crippen LogP contribution in [0.3, 0.4) is 0 Å². The van der Waals surface area contributed by atoms with Crippen molar-refractivity contribution in [1.82, 2.24) is 4.90 Å². The van der Waals surface area contributed by atoms with Crippen LogP contribution in [0.1, 0.15) is 35.9 Å². The Balaban J connectivity index is 2.35. The summed E-state index contributed by atoms with van der Waals surface area (Å²) in [4.78, 5) is 1.77. The fourth-order valence-corrected chi connectivity index (χ4v) is 2.67. The molecular formula is C10H18FN. The van der Waals surface area contributed by atoms with Crippen molar-refractivity contribution < 1.29 is 7.13 Å². The van der Waals surface area contributed by atoms with E-state index in [0.717, 1.165) is 12.8 Å². The van der Waals surface area contributed by atoms with Gasteiger partial charge < -0.3 is 0 Å². The van der Waals surface area contributed by atoms with Gasteiger partial charge in [0.05, 0.1) is 0 Å². The minimum absolute atomic E-state index is 0.205. The Labute approximate surface area is 76.7 Å². The van der Waals surface area contributed by atoms with Crippen molar-refractivity contribution >= 4 is 0 Å². The molecule has 2 aliphatic heterocycles. The molecule has 0 radical (unpaired) electrons. The molecular weight excluding hydrogens is 153 g/mol. The summed E-state index contributed by atoms with van der Waals surface area (Å²) < 4.78 is 29.1. The Morgan fingerprint density at radius 1 is 1.67 bits per heavy atom. The summed E-state index contributed by atoms with van der Waals surface area (Å²) >= 11 is 0. The van der Waals surface area contributed by atoms with Crippen molar-refractivity contribution in [2.24, 2.45) is 5.92 Å². The van der Waals surface area contributed by atoms with Crippen LogP contribution in [0.2, 0.25) is 0 Å². The van der Waals surface area contributed by atoms with E-state index in [0.29, 0.717) is 18.9 Å². The zero-order valence-electron chi connectivity index (χ0n) is 9.81. The van der Waals surface area contributed by atoms with Crippen LogP contribution >= 0.6 is 0 Å².